The van der Waals surface area contributed by atoms with E-state index in [9.17, 15) is 0 Å². The van der Waals surface area contributed by atoms with Gasteiger partial charge in [-0.3, -0.25) is 4.79 Å². The van der Waals surface area contributed by atoms with E-state index >= 15 is 0 Å². The normalized spacial score (nSPS) is 6.33. The average molecular weight is 128 g/mol. The van der Waals surface area contributed by atoms with Crippen LogP contribution >= 0.6 is 0 Å². The van der Waals surface area contributed by atoms with Gasteiger partial charge >= 0.3 is 0 Å². The number of carboxylic acids is 1. The van der Waals surface area contributed by atoms with Crippen molar-refractivity contribution in [1.82, 2.24) is 0 Å². The van der Waals surface area contributed by atoms with Crippen LogP contribution in [0.1, 0.15) is 26.7 Å². The third-order valence-electron chi connectivity index (χ3n) is 0.394. The lowest BCUT2D eigenvalue weighted by Gasteiger charge is -1.69. The molecule has 0 aliphatic rings. The Morgan fingerprint density at radius 2 is 2.11 bits per heavy atom. The molecule has 52 valence electrons. The van der Waals surface area contributed by atoms with Gasteiger partial charge in [0.1, 0.15) is 0 Å². The molecule has 0 rings (SSSR count). The second-order valence-corrected chi connectivity index (χ2v) is 1.47. The van der Waals surface area contributed by atoms with Crippen LogP contribution in [0.15, 0.2) is 0 Å². The molecule has 0 heterocycles. The molecular formula is C7H12O2. The molecule has 2 heteroatoms. The topological polar surface area (TPSA) is 37.3 Å². The van der Waals surface area contributed by atoms with Gasteiger partial charge in [-0.05, 0) is 6.42 Å². The maximum absolute atomic E-state index is 9.00. The lowest BCUT2D eigenvalue weighted by Crippen LogP contribution is -1.78. The molecule has 0 aliphatic heterocycles. The maximum Gasteiger partial charge on any atom is 0.300 e. The number of carboxylic acid groups (broad SMARTS) is 1. The van der Waals surface area contributed by atoms with Crippen molar-refractivity contribution in [2.24, 2.45) is 0 Å². The van der Waals surface area contributed by atoms with Crippen molar-refractivity contribution in [1.29, 1.82) is 0 Å². The van der Waals surface area contributed by atoms with Crippen LogP contribution < -0.4 is 0 Å². The highest BCUT2D eigenvalue weighted by atomic mass is 16.4. The SMILES string of the molecule is C#CCCC.CC(=O)O. The van der Waals surface area contributed by atoms with Gasteiger partial charge in [0.25, 0.3) is 5.97 Å². The first-order chi connectivity index (χ1) is 4.15. The van der Waals surface area contributed by atoms with Crippen molar-refractivity contribution in [3.8, 4) is 12.3 Å². The Hall–Kier alpha value is -0.970. The summed E-state index contributed by atoms with van der Waals surface area (Å²) in [4.78, 5) is 9.00. The summed E-state index contributed by atoms with van der Waals surface area (Å²) in [5.41, 5.74) is 0. The summed E-state index contributed by atoms with van der Waals surface area (Å²) >= 11 is 0. The van der Waals surface area contributed by atoms with Gasteiger partial charge in [0.15, 0.2) is 0 Å². The van der Waals surface area contributed by atoms with Gasteiger partial charge in [-0.15, -0.1) is 12.3 Å². The molecule has 0 aromatic heterocycles. The molecule has 0 aromatic carbocycles. The number of carbonyl (C=O) groups is 1. The number of hydrogen-bond acceptors (Lipinski definition) is 1. The van der Waals surface area contributed by atoms with Crippen molar-refractivity contribution in [2.75, 3.05) is 0 Å². The second-order valence-electron chi connectivity index (χ2n) is 1.47. The van der Waals surface area contributed by atoms with Crippen LogP contribution in [0.5, 0.6) is 0 Å². The van der Waals surface area contributed by atoms with Crippen LogP contribution in [0.2, 0.25) is 0 Å². The summed E-state index contributed by atoms with van der Waals surface area (Å²) in [6.45, 7) is 3.15. The number of unbranched alkanes of at least 4 members (excludes halogenated alkanes) is 1. The molecular weight excluding hydrogens is 116 g/mol. The van der Waals surface area contributed by atoms with Gasteiger partial charge in [-0.1, -0.05) is 6.92 Å². The highest BCUT2D eigenvalue weighted by molar-refractivity contribution is 5.62. The molecule has 0 unspecified atom stereocenters. The first-order valence-corrected chi connectivity index (χ1v) is 2.78. The number of hydrogen-bond donors (Lipinski definition) is 1. The van der Waals surface area contributed by atoms with E-state index in [2.05, 4.69) is 12.8 Å². The lowest BCUT2D eigenvalue weighted by atomic mass is 10.4. The van der Waals surface area contributed by atoms with Crippen LogP contribution in [0, 0.1) is 12.3 Å². The molecule has 0 atom stereocenters. The van der Waals surface area contributed by atoms with E-state index in [1.807, 2.05) is 0 Å². The fourth-order valence-corrected chi connectivity index (χ4v) is 0.144. The minimum atomic E-state index is -0.833. The van der Waals surface area contributed by atoms with Crippen LogP contribution in [0.4, 0.5) is 0 Å². The van der Waals surface area contributed by atoms with E-state index in [1.165, 1.54) is 0 Å². The van der Waals surface area contributed by atoms with E-state index in [0.717, 1.165) is 19.8 Å². The van der Waals surface area contributed by atoms with Gasteiger partial charge < -0.3 is 5.11 Å². The van der Waals surface area contributed by atoms with Crippen molar-refractivity contribution in [3.05, 3.63) is 0 Å². The quantitative estimate of drug-likeness (QED) is 0.543. The zero-order valence-electron chi connectivity index (χ0n) is 5.85. The number of rotatable bonds is 1. The van der Waals surface area contributed by atoms with Gasteiger partial charge in [0.05, 0.1) is 0 Å². The first-order valence-electron chi connectivity index (χ1n) is 2.78. The lowest BCUT2D eigenvalue weighted by molar-refractivity contribution is -0.134. The Morgan fingerprint density at radius 1 is 1.78 bits per heavy atom. The van der Waals surface area contributed by atoms with Gasteiger partial charge in [-0.2, -0.15) is 0 Å². The fraction of sp³-hybridized carbons (Fsp3) is 0.571. The Kier molecular flexibility index (Phi) is 12.3. The number of aliphatic carboxylic acids is 1. The first kappa shape index (κ1) is 10.9. The van der Waals surface area contributed by atoms with Crippen molar-refractivity contribution >= 4 is 5.97 Å². The Bertz CT molecular complexity index is 96.0. The van der Waals surface area contributed by atoms with Crippen LogP contribution in [0.3, 0.4) is 0 Å². The molecule has 0 radical (unpaired) electrons. The molecule has 0 saturated heterocycles. The highest BCUT2D eigenvalue weighted by Gasteiger charge is 1.65. The van der Waals surface area contributed by atoms with E-state index in [1.54, 1.807) is 0 Å². The molecule has 0 fully saturated rings. The predicted molar refractivity (Wildman–Crippen MR) is 37.1 cm³/mol. The molecule has 1 N–H and O–H groups in total. The van der Waals surface area contributed by atoms with E-state index in [4.69, 9.17) is 16.3 Å². The third kappa shape index (κ3) is 168. The molecule has 2 nitrogen and oxygen atoms in total. The largest absolute Gasteiger partial charge is 0.481 e. The summed E-state index contributed by atoms with van der Waals surface area (Å²) in [5, 5.41) is 7.42. The van der Waals surface area contributed by atoms with E-state index < -0.39 is 5.97 Å². The number of terminal acetylenes is 1. The van der Waals surface area contributed by atoms with Crippen molar-refractivity contribution < 1.29 is 9.90 Å². The third-order valence-corrected chi connectivity index (χ3v) is 0.394. The zero-order valence-corrected chi connectivity index (χ0v) is 5.85. The summed E-state index contributed by atoms with van der Waals surface area (Å²) in [6.07, 6.45) is 6.91. The Morgan fingerprint density at radius 3 is 2.11 bits per heavy atom. The monoisotopic (exact) mass is 128 g/mol. The summed E-state index contributed by atoms with van der Waals surface area (Å²) in [6, 6.07) is 0. The predicted octanol–water partition coefficient (Wildman–Crippen LogP) is 1.51. The maximum atomic E-state index is 9.00. The van der Waals surface area contributed by atoms with Gasteiger partial charge in [-0.25, -0.2) is 0 Å². The summed E-state index contributed by atoms with van der Waals surface area (Å²) in [5.74, 6) is 1.68. The smallest absolute Gasteiger partial charge is 0.300 e. The van der Waals surface area contributed by atoms with E-state index in [0.29, 0.717) is 0 Å². The fourth-order valence-electron chi connectivity index (χ4n) is 0.144. The van der Waals surface area contributed by atoms with Gasteiger partial charge in [0.2, 0.25) is 0 Å². The molecule has 0 bridgehead atoms. The summed E-state index contributed by atoms with van der Waals surface area (Å²) in [7, 11) is 0. The molecule has 0 spiro atoms. The Labute approximate surface area is 55.9 Å². The van der Waals surface area contributed by atoms with Crippen molar-refractivity contribution in [3.63, 3.8) is 0 Å². The Balaban J connectivity index is 0. The molecule has 0 amide bonds. The average Bonchev–Trinajstić information content (AvgIpc) is 1.66. The molecule has 0 saturated carbocycles. The summed E-state index contributed by atoms with van der Waals surface area (Å²) < 4.78 is 0. The van der Waals surface area contributed by atoms with Gasteiger partial charge in [0, 0.05) is 13.3 Å². The highest BCUT2D eigenvalue weighted by Crippen LogP contribution is 1.77. The second kappa shape index (κ2) is 10.1. The zero-order chi connectivity index (χ0) is 7.70. The van der Waals surface area contributed by atoms with Crippen LogP contribution in [-0.2, 0) is 4.79 Å². The van der Waals surface area contributed by atoms with E-state index in [-0.39, 0.29) is 0 Å². The molecule has 9 heavy (non-hydrogen) atoms. The molecule has 0 aliphatic carbocycles. The standard InChI is InChI=1S/C5H8.C2H4O2/c1-3-5-4-2;1-2(3)4/h1H,4-5H2,2H3;1H3,(H,3,4). The molecule has 0 aromatic rings. The van der Waals surface area contributed by atoms with Crippen LogP contribution in [0.25, 0.3) is 0 Å². The van der Waals surface area contributed by atoms with Crippen molar-refractivity contribution in [2.45, 2.75) is 26.7 Å². The van der Waals surface area contributed by atoms with Crippen LogP contribution in [-0.4, -0.2) is 11.1 Å². The minimum Gasteiger partial charge on any atom is -0.481 e. The minimum absolute atomic E-state index is 0.833.